The summed E-state index contributed by atoms with van der Waals surface area (Å²) in [6.45, 7) is 0.720. The van der Waals surface area contributed by atoms with Gasteiger partial charge in [0.15, 0.2) is 0 Å². The molecule has 0 bridgehead atoms. The second-order valence-corrected chi connectivity index (χ2v) is 8.95. The van der Waals surface area contributed by atoms with Gasteiger partial charge in [0.2, 0.25) is 0 Å². The maximum atomic E-state index is 13.2. The lowest BCUT2D eigenvalue weighted by Gasteiger charge is -2.17. The third-order valence-corrected chi connectivity index (χ3v) is 7.55. The average Bonchev–Trinajstić information content (AvgIpc) is 2.84. The Labute approximate surface area is 164 Å². The normalized spacial score (nSPS) is 16.7. The van der Waals surface area contributed by atoms with Crippen LogP contribution in [0.15, 0.2) is 10.4 Å². The maximum absolute atomic E-state index is 13.2. The maximum Gasteiger partial charge on any atom is 0.304 e. The first-order valence-corrected chi connectivity index (χ1v) is 11.0. The summed E-state index contributed by atoms with van der Waals surface area (Å²) in [5, 5.41) is 9.60. The SMILES string of the molecule is O=CC1=C(SCCC(=O)O)c2sc3nc4n(c(=O)c3c2CC1)CCCCC4. The van der Waals surface area contributed by atoms with Crippen molar-refractivity contribution < 1.29 is 14.7 Å². The van der Waals surface area contributed by atoms with E-state index in [2.05, 4.69) is 0 Å². The van der Waals surface area contributed by atoms with E-state index < -0.39 is 5.97 Å². The summed E-state index contributed by atoms with van der Waals surface area (Å²) in [5.41, 5.74) is 1.72. The van der Waals surface area contributed by atoms with Crippen molar-refractivity contribution in [3.63, 3.8) is 0 Å². The predicted molar refractivity (Wildman–Crippen MR) is 107 cm³/mol. The summed E-state index contributed by atoms with van der Waals surface area (Å²) in [6.07, 6.45) is 6.13. The van der Waals surface area contributed by atoms with E-state index in [9.17, 15) is 14.4 Å². The highest BCUT2D eigenvalue weighted by Crippen LogP contribution is 2.45. The first-order chi connectivity index (χ1) is 13.1. The number of carboxylic acids is 1. The number of hydrogen-bond donors (Lipinski definition) is 1. The van der Waals surface area contributed by atoms with Crippen LogP contribution in [0, 0.1) is 0 Å². The van der Waals surface area contributed by atoms with Crippen molar-refractivity contribution in [2.75, 3.05) is 5.75 Å². The third kappa shape index (κ3) is 3.36. The number of nitrogens with zero attached hydrogens (tertiary/aromatic N) is 2. The van der Waals surface area contributed by atoms with Crippen LogP contribution >= 0.6 is 23.1 Å². The molecule has 0 spiro atoms. The van der Waals surface area contributed by atoms with Crippen LogP contribution in [0.25, 0.3) is 15.1 Å². The fourth-order valence-electron chi connectivity index (χ4n) is 3.78. The lowest BCUT2D eigenvalue weighted by molar-refractivity contribution is -0.136. The van der Waals surface area contributed by atoms with E-state index >= 15 is 0 Å². The molecule has 0 saturated carbocycles. The topological polar surface area (TPSA) is 89.3 Å². The monoisotopic (exact) mass is 404 g/mol. The minimum Gasteiger partial charge on any atom is -0.481 e. The van der Waals surface area contributed by atoms with Gasteiger partial charge in [0.1, 0.15) is 16.9 Å². The number of aldehydes is 1. The lowest BCUT2D eigenvalue weighted by atomic mass is 9.97. The zero-order chi connectivity index (χ0) is 19.0. The molecule has 0 saturated heterocycles. The number of carbonyl (C=O) groups excluding carboxylic acids is 1. The van der Waals surface area contributed by atoms with Crippen LogP contribution in [0.2, 0.25) is 0 Å². The van der Waals surface area contributed by atoms with E-state index in [1.54, 1.807) is 0 Å². The number of aliphatic carboxylic acids is 1. The van der Waals surface area contributed by atoms with E-state index in [0.29, 0.717) is 29.6 Å². The first-order valence-electron chi connectivity index (χ1n) is 9.18. The predicted octanol–water partition coefficient (Wildman–Crippen LogP) is 3.25. The third-order valence-electron chi connectivity index (χ3n) is 5.12. The molecule has 1 aliphatic carbocycles. The number of carbonyl (C=O) groups is 2. The molecular weight excluding hydrogens is 384 g/mol. The van der Waals surface area contributed by atoms with Gasteiger partial charge < -0.3 is 5.11 Å². The van der Waals surface area contributed by atoms with Crippen LogP contribution in [0.3, 0.4) is 0 Å². The number of aryl methyl sites for hydroxylation is 2. The van der Waals surface area contributed by atoms with Crippen LogP contribution in [0.5, 0.6) is 0 Å². The summed E-state index contributed by atoms with van der Waals surface area (Å²) in [5.74, 6) is 0.411. The average molecular weight is 405 g/mol. The van der Waals surface area contributed by atoms with Crippen LogP contribution in [0.4, 0.5) is 0 Å². The van der Waals surface area contributed by atoms with Crippen LogP contribution in [-0.4, -0.2) is 32.7 Å². The molecule has 0 unspecified atom stereocenters. The number of allylic oxidation sites excluding steroid dienone is 1. The Morgan fingerprint density at radius 1 is 1.26 bits per heavy atom. The molecular formula is C19H20N2O4S2. The second kappa shape index (κ2) is 7.59. The summed E-state index contributed by atoms with van der Waals surface area (Å²) >= 11 is 2.87. The Morgan fingerprint density at radius 3 is 2.89 bits per heavy atom. The van der Waals surface area contributed by atoms with Gasteiger partial charge in [-0.3, -0.25) is 19.0 Å². The molecule has 4 rings (SSSR count). The van der Waals surface area contributed by atoms with Gasteiger partial charge >= 0.3 is 5.97 Å². The van der Waals surface area contributed by atoms with E-state index in [-0.39, 0.29) is 12.0 Å². The summed E-state index contributed by atoms with van der Waals surface area (Å²) in [7, 11) is 0. The molecule has 0 fully saturated rings. The number of carboxylic acid groups (broad SMARTS) is 1. The fraction of sp³-hybridized carbons (Fsp3) is 0.474. The Balaban J connectivity index is 1.83. The fourth-order valence-corrected chi connectivity index (χ4v) is 6.36. The lowest BCUT2D eigenvalue weighted by Crippen LogP contribution is -2.24. The van der Waals surface area contributed by atoms with E-state index in [4.69, 9.17) is 10.1 Å². The quantitative estimate of drug-likeness (QED) is 0.770. The van der Waals surface area contributed by atoms with Crippen molar-refractivity contribution in [1.82, 2.24) is 9.55 Å². The smallest absolute Gasteiger partial charge is 0.304 e. The Kier molecular flexibility index (Phi) is 5.19. The molecule has 6 nitrogen and oxygen atoms in total. The molecule has 2 aromatic heterocycles. The summed E-state index contributed by atoms with van der Waals surface area (Å²) < 4.78 is 1.83. The van der Waals surface area contributed by atoms with Crippen molar-refractivity contribution in [2.24, 2.45) is 0 Å². The zero-order valence-electron chi connectivity index (χ0n) is 14.8. The zero-order valence-corrected chi connectivity index (χ0v) is 16.5. The van der Waals surface area contributed by atoms with Crippen molar-refractivity contribution in [3.8, 4) is 0 Å². The minimum absolute atomic E-state index is 0.0374. The van der Waals surface area contributed by atoms with E-state index in [1.165, 1.54) is 23.1 Å². The van der Waals surface area contributed by atoms with Gasteiger partial charge in [0.05, 0.1) is 11.8 Å². The van der Waals surface area contributed by atoms with Gasteiger partial charge in [-0.15, -0.1) is 23.1 Å². The molecule has 1 N–H and O–H groups in total. The molecule has 0 radical (unpaired) electrons. The highest BCUT2D eigenvalue weighted by atomic mass is 32.2. The minimum atomic E-state index is -0.855. The number of rotatable bonds is 5. The molecule has 2 aromatic rings. The molecule has 0 aromatic carbocycles. The second-order valence-electron chi connectivity index (χ2n) is 6.85. The summed E-state index contributed by atoms with van der Waals surface area (Å²) in [6, 6.07) is 0. The van der Waals surface area contributed by atoms with Gasteiger partial charge in [-0.25, -0.2) is 4.98 Å². The molecule has 2 aliphatic rings. The van der Waals surface area contributed by atoms with Gasteiger partial charge in [-0.05, 0) is 31.2 Å². The molecule has 27 heavy (non-hydrogen) atoms. The molecule has 0 atom stereocenters. The van der Waals surface area contributed by atoms with Crippen LogP contribution in [-0.2, 0) is 29.0 Å². The number of thioether (sulfide) groups is 1. The van der Waals surface area contributed by atoms with E-state index in [0.717, 1.165) is 64.5 Å². The van der Waals surface area contributed by atoms with Crippen molar-refractivity contribution in [1.29, 1.82) is 0 Å². The highest BCUT2D eigenvalue weighted by molar-refractivity contribution is 8.08. The largest absolute Gasteiger partial charge is 0.481 e. The van der Waals surface area contributed by atoms with E-state index in [1.807, 2.05) is 4.57 Å². The van der Waals surface area contributed by atoms with Crippen LogP contribution < -0.4 is 5.56 Å². The van der Waals surface area contributed by atoms with Gasteiger partial charge in [0, 0.05) is 34.1 Å². The Hall–Kier alpha value is -1.93. The van der Waals surface area contributed by atoms with Gasteiger partial charge in [-0.1, -0.05) is 6.42 Å². The Bertz CT molecular complexity index is 1020. The van der Waals surface area contributed by atoms with Crippen LogP contribution in [0.1, 0.15) is 48.4 Å². The van der Waals surface area contributed by atoms with Crippen molar-refractivity contribution >= 4 is 50.5 Å². The first kappa shape index (κ1) is 18.4. The molecule has 3 heterocycles. The van der Waals surface area contributed by atoms with Crippen molar-refractivity contribution in [3.05, 3.63) is 32.2 Å². The summed E-state index contributed by atoms with van der Waals surface area (Å²) in [4.78, 5) is 42.9. The number of hydrogen-bond acceptors (Lipinski definition) is 6. The van der Waals surface area contributed by atoms with Gasteiger partial charge in [-0.2, -0.15) is 0 Å². The van der Waals surface area contributed by atoms with Gasteiger partial charge in [0.25, 0.3) is 5.56 Å². The number of aromatic nitrogens is 2. The molecule has 0 amide bonds. The van der Waals surface area contributed by atoms with Crippen molar-refractivity contribution in [2.45, 2.75) is 51.5 Å². The standard InChI is InChI=1S/C19H20N2O4S2/c22-10-11-5-6-12-15-18(27-17(12)16(11)26-9-7-14(23)24)20-13-4-2-1-3-8-21(13)19(15)25/h10H,1-9H2,(H,23,24). The highest BCUT2D eigenvalue weighted by Gasteiger charge is 2.27. The number of fused-ring (bicyclic) bond motifs is 4. The Morgan fingerprint density at radius 2 is 2.11 bits per heavy atom. The molecule has 142 valence electrons. The number of thiophene rings is 1. The molecule has 8 heteroatoms. The molecule has 1 aliphatic heterocycles.